The van der Waals surface area contributed by atoms with E-state index in [4.69, 9.17) is 4.74 Å². The predicted octanol–water partition coefficient (Wildman–Crippen LogP) is 1.52. The lowest BCUT2D eigenvalue weighted by Gasteiger charge is -2.30. The van der Waals surface area contributed by atoms with Crippen molar-refractivity contribution in [3.8, 4) is 0 Å². The molecule has 1 unspecified atom stereocenters. The fourth-order valence-electron chi connectivity index (χ4n) is 2.84. The Morgan fingerprint density at radius 3 is 3.11 bits per heavy atom. The minimum absolute atomic E-state index is 0.0630. The lowest BCUT2D eigenvalue weighted by Crippen LogP contribution is -2.42. The number of nitrogens with one attached hydrogen (secondary N) is 1. The second-order valence-electron chi connectivity index (χ2n) is 5.23. The van der Waals surface area contributed by atoms with Crippen LogP contribution >= 0.6 is 0 Å². The average molecular weight is 260 g/mol. The molecular weight excluding hydrogens is 240 g/mol. The summed E-state index contributed by atoms with van der Waals surface area (Å²) in [5, 5.41) is 3.37. The molecule has 0 aromatic heterocycles. The highest BCUT2D eigenvalue weighted by Crippen LogP contribution is 2.25. The largest absolute Gasteiger partial charge is 0.384 e. The van der Waals surface area contributed by atoms with E-state index in [2.05, 4.69) is 17.4 Å². The summed E-state index contributed by atoms with van der Waals surface area (Å²) in [5.41, 5.74) is 2.42. The van der Waals surface area contributed by atoms with Gasteiger partial charge in [-0.2, -0.15) is 0 Å². The van der Waals surface area contributed by atoms with E-state index in [1.54, 1.807) is 0 Å². The van der Waals surface area contributed by atoms with Gasteiger partial charge in [-0.25, -0.2) is 0 Å². The molecule has 1 fully saturated rings. The van der Waals surface area contributed by atoms with Crippen molar-refractivity contribution in [2.24, 2.45) is 5.92 Å². The Balaban J connectivity index is 1.68. The smallest absolute Gasteiger partial charge is 0.227 e. The van der Waals surface area contributed by atoms with Gasteiger partial charge in [0.05, 0.1) is 12.5 Å². The third-order valence-corrected chi connectivity index (χ3v) is 3.91. The molecule has 1 saturated heterocycles. The van der Waals surface area contributed by atoms with Crippen molar-refractivity contribution in [3.63, 3.8) is 0 Å². The minimum Gasteiger partial charge on any atom is -0.384 e. The van der Waals surface area contributed by atoms with Crippen LogP contribution in [0, 0.1) is 5.92 Å². The van der Waals surface area contributed by atoms with Crippen molar-refractivity contribution in [2.75, 3.05) is 38.2 Å². The molecule has 102 valence electrons. The number of hydrogen-bond acceptors (Lipinski definition) is 3. The number of amides is 1. The number of carbonyl (C=O) groups excluding carboxylic acids is 1. The first-order valence-corrected chi connectivity index (χ1v) is 7.03. The number of para-hydroxylation sites is 1. The van der Waals surface area contributed by atoms with Crippen LogP contribution in [0.5, 0.6) is 0 Å². The van der Waals surface area contributed by atoms with Gasteiger partial charge in [0.2, 0.25) is 5.91 Å². The Morgan fingerprint density at radius 1 is 1.26 bits per heavy atom. The van der Waals surface area contributed by atoms with Gasteiger partial charge in [-0.3, -0.25) is 4.79 Å². The topological polar surface area (TPSA) is 41.6 Å². The van der Waals surface area contributed by atoms with Crippen molar-refractivity contribution < 1.29 is 9.53 Å². The van der Waals surface area contributed by atoms with E-state index in [1.165, 1.54) is 11.3 Å². The number of anilines is 1. The van der Waals surface area contributed by atoms with Gasteiger partial charge in [0.15, 0.2) is 0 Å². The lowest BCUT2D eigenvalue weighted by molar-refractivity contribution is -0.135. The van der Waals surface area contributed by atoms with Gasteiger partial charge < -0.3 is 15.0 Å². The number of rotatable bonds is 1. The Labute approximate surface area is 113 Å². The molecule has 2 aliphatic rings. The molecule has 0 radical (unpaired) electrons. The summed E-state index contributed by atoms with van der Waals surface area (Å²) in [5.74, 6) is 0.334. The van der Waals surface area contributed by atoms with Gasteiger partial charge in [0.1, 0.15) is 0 Å². The molecule has 2 heterocycles. The summed E-state index contributed by atoms with van der Waals surface area (Å²) < 4.78 is 5.41. The second kappa shape index (κ2) is 5.61. The van der Waals surface area contributed by atoms with Crippen LogP contribution in [0.3, 0.4) is 0 Å². The van der Waals surface area contributed by atoms with Crippen LogP contribution in [-0.2, 0) is 16.0 Å². The zero-order chi connectivity index (χ0) is 13.1. The number of ether oxygens (including phenoxy) is 1. The number of carbonyl (C=O) groups is 1. The van der Waals surface area contributed by atoms with Crippen LogP contribution in [0.4, 0.5) is 5.69 Å². The summed E-state index contributed by atoms with van der Waals surface area (Å²) in [6, 6.07) is 8.25. The third kappa shape index (κ3) is 2.73. The summed E-state index contributed by atoms with van der Waals surface area (Å²) >= 11 is 0. The Kier molecular flexibility index (Phi) is 3.69. The molecule has 2 aliphatic heterocycles. The maximum Gasteiger partial charge on any atom is 0.227 e. The highest BCUT2D eigenvalue weighted by atomic mass is 16.5. The molecule has 3 rings (SSSR count). The molecular formula is C15H20N2O2. The summed E-state index contributed by atoms with van der Waals surface area (Å²) in [6.45, 7) is 3.75. The second-order valence-corrected chi connectivity index (χ2v) is 5.23. The van der Waals surface area contributed by atoms with Gasteiger partial charge in [0.25, 0.3) is 0 Å². The van der Waals surface area contributed by atoms with E-state index in [0.29, 0.717) is 6.61 Å². The van der Waals surface area contributed by atoms with Crippen LogP contribution in [0.25, 0.3) is 0 Å². The predicted molar refractivity (Wildman–Crippen MR) is 74.1 cm³/mol. The van der Waals surface area contributed by atoms with Crippen LogP contribution in [0.2, 0.25) is 0 Å². The molecule has 0 saturated carbocycles. The fraction of sp³-hybridized carbons (Fsp3) is 0.533. The standard InChI is InChI=1S/C15H20N2O2/c18-15(17-6-3-8-19-9-7-17)13-10-12-4-1-2-5-14(12)16-11-13/h1-2,4-5,13,16H,3,6-11H2. The quantitative estimate of drug-likeness (QED) is 0.832. The molecule has 0 spiro atoms. The van der Waals surface area contributed by atoms with E-state index in [9.17, 15) is 4.79 Å². The van der Waals surface area contributed by atoms with Crippen molar-refractivity contribution in [1.82, 2.24) is 4.90 Å². The zero-order valence-corrected chi connectivity index (χ0v) is 11.1. The Bertz CT molecular complexity index is 453. The van der Waals surface area contributed by atoms with Crippen molar-refractivity contribution >= 4 is 11.6 Å². The van der Waals surface area contributed by atoms with Gasteiger partial charge in [0, 0.05) is 31.9 Å². The van der Waals surface area contributed by atoms with Crippen LogP contribution in [0.15, 0.2) is 24.3 Å². The number of hydrogen-bond donors (Lipinski definition) is 1. The minimum atomic E-state index is 0.0630. The molecule has 1 aromatic rings. The Hall–Kier alpha value is -1.55. The fourth-order valence-corrected chi connectivity index (χ4v) is 2.84. The highest BCUT2D eigenvalue weighted by Gasteiger charge is 2.28. The molecule has 4 heteroatoms. The first-order valence-electron chi connectivity index (χ1n) is 7.03. The monoisotopic (exact) mass is 260 g/mol. The van der Waals surface area contributed by atoms with E-state index < -0.39 is 0 Å². The molecule has 0 aliphatic carbocycles. The van der Waals surface area contributed by atoms with Gasteiger partial charge in [-0.15, -0.1) is 0 Å². The third-order valence-electron chi connectivity index (χ3n) is 3.91. The van der Waals surface area contributed by atoms with Gasteiger partial charge in [-0.1, -0.05) is 18.2 Å². The van der Waals surface area contributed by atoms with Crippen LogP contribution < -0.4 is 5.32 Å². The summed E-state index contributed by atoms with van der Waals surface area (Å²) in [6.07, 6.45) is 1.79. The van der Waals surface area contributed by atoms with Crippen LogP contribution in [0.1, 0.15) is 12.0 Å². The molecule has 1 atom stereocenters. The zero-order valence-electron chi connectivity index (χ0n) is 11.1. The molecule has 1 aromatic carbocycles. The van der Waals surface area contributed by atoms with Gasteiger partial charge in [-0.05, 0) is 24.5 Å². The first kappa shape index (κ1) is 12.5. The number of fused-ring (bicyclic) bond motifs is 1. The van der Waals surface area contributed by atoms with E-state index in [0.717, 1.165) is 39.1 Å². The first-order chi connectivity index (χ1) is 9.34. The van der Waals surface area contributed by atoms with Crippen molar-refractivity contribution in [3.05, 3.63) is 29.8 Å². The SMILES string of the molecule is O=C(C1CNc2ccccc2C1)N1CCCOCC1. The molecule has 0 bridgehead atoms. The highest BCUT2D eigenvalue weighted by molar-refractivity contribution is 5.81. The maximum atomic E-state index is 12.5. The normalized spacial score (nSPS) is 23.2. The van der Waals surface area contributed by atoms with Crippen molar-refractivity contribution in [1.29, 1.82) is 0 Å². The molecule has 19 heavy (non-hydrogen) atoms. The van der Waals surface area contributed by atoms with Crippen LogP contribution in [-0.4, -0.2) is 43.7 Å². The van der Waals surface area contributed by atoms with E-state index >= 15 is 0 Å². The maximum absolute atomic E-state index is 12.5. The van der Waals surface area contributed by atoms with Crippen molar-refractivity contribution in [2.45, 2.75) is 12.8 Å². The van der Waals surface area contributed by atoms with E-state index in [-0.39, 0.29) is 11.8 Å². The van der Waals surface area contributed by atoms with Gasteiger partial charge >= 0.3 is 0 Å². The molecule has 1 amide bonds. The molecule has 4 nitrogen and oxygen atoms in total. The molecule has 1 N–H and O–H groups in total. The summed E-state index contributed by atoms with van der Waals surface area (Å²) in [4.78, 5) is 14.5. The number of benzene rings is 1. The summed E-state index contributed by atoms with van der Waals surface area (Å²) in [7, 11) is 0. The average Bonchev–Trinajstić information content (AvgIpc) is 2.75. The van der Waals surface area contributed by atoms with E-state index in [1.807, 2.05) is 17.0 Å². The Morgan fingerprint density at radius 2 is 2.16 bits per heavy atom. The number of nitrogens with zero attached hydrogens (tertiary/aromatic N) is 1. The lowest BCUT2D eigenvalue weighted by atomic mass is 9.93.